The summed E-state index contributed by atoms with van der Waals surface area (Å²) < 4.78 is 0. The molecular weight excluding hydrogens is 214 g/mol. The molecule has 0 radical (unpaired) electrons. The van der Waals surface area contributed by atoms with Crippen LogP contribution in [-0.2, 0) is 0 Å². The molecule has 1 atom stereocenters. The summed E-state index contributed by atoms with van der Waals surface area (Å²) in [6.45, 7) is 3.62. The van der Waals surface area contributed by atoms with Crippen LogP contribution in [0.5, 0.6) is 0 Å². The molecule has 2 amide bonds. The molecule has 1 aromatic rings. The van der Waals surface area contributed by atoms with Crippen molar-refractivity contribution in [2.45, 2.75) is 19.4 Å². The molecule has 0 spiro atoms. The Labute approximate surface area is 102 Å². The van der Waals surface area contributed by atoms with Crippen molar-refractivity contribution in [1.29, 1.82) is 0 Å². The number of urea groups is 1. The van der Waals surface area contributed by atoms with E-state index in [1.165, 1.54) is 0 Å². The Balaban J connectivity index is 1.93. The largest absolute Gasteiger partial charge is 0.323 e. The van der Waals surface area contributed by atoms with Crippen molar-refractivity contribution in [3.8, 4) is 0 Å². The third-order valence-corrected chi connectivity index (χ3v) is 3.15. The molecule has 4 heteroatoms. The lowest BCUT2D eigenvalue weighted by molar-refractivity contribution is 0.221. The number of aryl methyl sites for hydroxylation is 1. The SMILES string of the molecule is CN[C@@H]1CCN(C(=O)Nc2cccc(C)c2)C1. The molecule has 1 aromatic carbocycles. The summed E-state index contributed by atoms with van der Waals surface area (Å²) >= 11 is 0. The van der Waals surface area contributed by atoms with Gasteiger partial charge in [-0.15, -0.1) is 0 Å². The minimum absolute atomic E-state index is 0.00616. The Morgan fingerprint density at radius 1 is 1.47 bits per heavy atom. The molecule has 17 heavy (non-hydrogen) atoms. The zero-order valence-electron chi connectivity index (χ0n) is 10.4. The third kappa shape index (κ3) is 2.97. The van der Waals surface area contributed by atoms with Crippen LogP contribution in [0.1, 0.15) is 12.0 Å². The highest BCUT2D eigenvalue weighted by atomic mass is 16.2. The van der Waals surface area contributed by atoms with Crippen molar-refractivity contribution >= 4 is 11.7 Å². The first-order valence-corrected chi connectivity index (χ1v) is 5.99. The van der Waals surface area contributed by atoms with E-state index in [0.29, 0.717) is 6.04 Å². The average molecular weight is 233 g/mol. The van der Waals surface area contributed by atoms with Crippen LogP contribution in [-0.4, -0.2) is 37.1 Å². The molecule has 1 saturated heterocycles. The molecule has 1 aliphatic rings. The number of likely N-dealkylation sites (tertiary alicyclic amines) is 1. The van der Waals surface area contributed by atoms with Crippen LogP contribution < -0.4 is 10.6 Å². The van der Waals surface area contributed by atoms with Gasteiger partial charge in [-0.2, -0.15) is 0 Å². The summed E-state index contributed by atoms with van der Waals surface area (Å²) in [5.74, 6) is 0. The molecule has 1 heterocycles. The second-order valence-corrected chi connectivity index (χ2v) is 4.52. The highest BCUT2D eigenvalue weighted by Gasteiger charge is 2.24. The van der Waals surface area contributed by atoms with Crippen molar-refractivity contribution in [2.24, 2.45) is 0 Å². The van der Waals surface area contributed by atoms with Crippen molar-refractivity contribution in [1.82, 2.24) is 10.2 Å². The Kier molecular flexibility index (Phi) is 3.64. The highest BCUT2D eigenvalue weighted by molar-refractivity contribution is 5.89. The lowest BCUT2D eigenvalue weighted by Gasteiger charge is -2.17. The number of benzene rings is 1. The molecule has 0 bridgehead atoms. The average Bonchev–Trinajstić information content (AvgIpc) is 2.77. The predicted octanol–water partition coefficient (Wildman–Crippen LogP) is 1.82. The van der Waals surface area contributed by atoms with E-state index in [1.54, 1.807) is 0 Å². The first kappa shape index (κ1) is 11.9. The Morgan fingerprint density at radius 2 is 2.29 bits per heavy atom. The van der Waals surface area contributed by atoms with E-state index < -0.39 is 0 Å². The molecule has 2 N–H and O–H groups in total. The monoisotopic (exact) mass is 233 g/mol. The summed E-state index contributed by atoms with van der Waals surface area (Å²) in [5, 5.41) is 6.13. The minimum atomic E-state index is -0.00616. The zero-order chi connectivity index (χ0) is 12.3. The maximum atomic E-state index is 12.0. The first-order chi connectivity index (χ1) is 8.19. The number of likely N-dealkylation sites (N-methyl/N-ethyl adjacent to an activating group) is 1. The maximum Gasteiger partial charge on any atom is 0.321 e. The van der Waals surface area contributed by atoms with Gasteiger partial charge < -0.3 is 15.5 Å². The zero-order valence-corrected chi connectivity index (χ0v) is 10.4. The normalized spacial score (nSPS) is 19.4. The molecule has 4 nitrogen and oxygen atoms in total. The highest BCUT2D eigenvalue weighted by Crippen LogP contribution is 2.13. The van der Waals surface area contributed by atoms with E-state index >= 15 is 0 Å². The number of rotatable bonds is 2. The van der Waals surface area contributed by atoms with E-state index in [4.69, 9.17) is 0 Å². The number of hydrogen-bond acceptors (Lipinski definition) is 2. The number of amides is 2. The van der Waals surface area contributed by atoms with Gasteiger partial charge in [0.05, 0.1) is 0 Å². The van der Waals surface area contributed by atoms with Gasteiger partial charge in [0.1, 0.15) is 0 Å². The molecule has 0 saturated carbocycles. The molecular formula is C13H19N3O. The molecule has 2 rings (SSSR count). The van der Waals surface area contributed by atoms with Crippen LogP contribution in [0.25, 0.3) is 0 Å². The summed E-state index contributed by atoms with van der Waals surface area (Å²) in [4.78, 5) is 13.8. The predicted molar refractivity (Wildman–Crippen MR) is 69.2 cm³/mol. The number of hydrogen-bond donors (Lipinski definition) is 2. The van der Waals surface area contributed by atoms with Gasteiger partial charge in [0.25, 0.3) is 0 Å². The Hall–Kier alpha value is -1.55. The number of nitrogens with zero attached hydrogens (tertiary/aromatic N) is 1. The summed E-state index contributed by atoms with van der Waals surface area (Å²) in [5.41, 5.74) is 2.01. The number of anilines is 1. The van der Waals surface area contributed by atoms with Crippen molar-refractivity contribution in [3.63, 3.8) is 0 Å². The Morgan fingerprint density at radius 3 is 2.94 bits per heavy atom. The van der Waals surface area contributed by atoms with Crippen molar-refractivity contribution in [2.75, 3.05) is 25.5 Å². The fourth-order valence-electron chi connectivity index (χ4n) is 2.11. The van der Waals surface area contributed by atoms with Gasteiger partial charge in [-0.05, 0) is 38.1 Å². The van der Waals surface area contributed by atoms with Crippen LogP contribution >= 0.6 is 0 Å². The second kappa shape index (κ2) is 5.19. The van der Waals surface area contributed by atoms with Gasteiger partial charge in [-0.3, -0.25) is 0 Å². The van der Waals surface area contributed by atoms with E-state index in [2.05, 4.69) is 10.6 Å². The van der Waals surface area contributed by atoms with E-state index in [0.717, 1.165) is 30.8 Å². The first-order valence-electron chi connectivity index (χ1n) is 5.99. The van der Waals surface area contributed by atoms with Gasteiger partial charge in [0.15, 0.2) is 0 Å². The molecule has 1 aliphatic heterocycles. The van der Waals surface area contributed by atoms with Crippen molar-refractivity contribution in [3.05, 3.63) is 29.8 Å². The van der Waals surface area contributed by atoms with Crippen molar-refractivity contribution < 1.29 is 4.79 Å². The topological polar surface area (TPSA) is 44.4 Å². The van der Waals surface area contributed by atoms with E-state index in [1.807, 2.05) is 43.1 Å². The van der Waals surface area contributed by atoms with Gasteiger partial charge in [0, 0.05) is 24.8 Å². The van der Waals surface area contributed by atoms with E-state index in [-0.39, 0.29) is 6.03 Å². The van der Waals surface area contributed by atoms with Crippen LogP contribution in [0.2, 0.25) is 0 Å². The standard InChI is InChI=1S/C13H19N3O/c1-10-4-3-5-11(8-10)15-13(17)16-7-6-12(9-16)14-2/h3-5,8,12,14H,6-7,9H2,1-2H3,(H,15,17)/t12-/m1/s1. The number of carbonyl (C=O) groups is 1. The van der Waals surface area contributed by atoms with E-state index in [9.17, 15) is 4.79 Å². The smallest absolute Gasteiger partial charge is 0.321 e. The Bertz CT molecular complexity index is 405. The van der Waals surface area contributed by atoms with Gasteiger partial charge in [-0.1, -0.05) is 12.1 Å². The van der Waals surface area contributed by atoms with Crippen LogP contribution in [0.4, 0.5) is 10.5 Å². The fraction of sp³-hybridized carbons (Fsp3) is 0.462. The summed E-state index contributed by atoms with van der Waals surface area (Å²) in [6.07, 6.45) is 1.03. The lowest BCUT2D eigenvalue weighted by Crippen LogP contribution is -2.36. The third-order valence-electron chi connectivity index (χ3n) is 3.15. The quantitative estimate of drug-likeness (QED) is 0.818. The van der Waals surface area contributed by atoms with Crippen LogP contribution in [0.15, 0.2) is 24.3 Å². The van der Waals surface area contributed by atoms with Gasteiger partial charge in [-0.25, -0.2) is 4.79 Å². The molecule has 0 unspecified atom stereocenters. The molecule has 1 fully saturated rings. The fourth-order valence-corrected chi connectivity index (χ4v) is 2.11. The van der Waals surface area contributed by atoms with Crippen LogP contribution in [0, 0.1) is 6.92 Å². The maximum absolute atomic E-state index is 12.0. The molecule has 92 valence electrons. The minimum Gasteiger partial charge on any atom is -0.323 e. The lowest BCUT2D eigenvalue weighted by atomic mass is 10.2. The van der Waals surface area contributed by atoms with Gasteiger partial charge >= 0.3 is 6.03 Å². The number of carbonyl (C=O) groups excluding carboxylic acids is 1. The number of nitrogens with one attached hydrogen (secondary N) is 2. The summed E-state index contributed by atoms with van der Waals surface area (Å²) in [6, 6.07) is 8.28. The van der Waals surface area contributed by atoms with Gasteiger partial charge in [0.2, 0.25) is 0 Å². The second-order valence-electron chi connectivity index (χ2n) is 4.52. The van der Waals surface area contributed by atoms with Crippen LogP contribution in [0.3, 0.4) is 0 Å². The molecule has 0 aromatic heterocycles. The molecule has 0 aliphatic carbocycles. The summed E-state index contributed by atoms with van der Waals surface area (Å²) in [7, 11) is 1.94.